The highest BCUT2D eigenvalue weighted by molar-refractivity contribution is 6.39. The average molecular weight is 448 g/mol. The third kappa shape index (κ3) is 5.93. The Labute approximate surface area is 192 Å². The van der Waals surface area contributed by atoms with Crippen molar-refractivity contribution in [3.8, 4) is 0 Å². The molecule has 0 saturated carbocycles. The molecule has 1 aliphatic heterocycles. The number of nitrogens with one attached hydrogen (secondary N) is 2. The van der Waals surface area contributed by atoms with Gasteiger partial charge in [0.25, 0.3) is 0 Å². The van der Waals surface area contributed by atoms with Gasteiger partial charge in [0.15, 0.2) is 0 Å². The molecular weight excluding hydrogens is 421 g/mol. The van der Waals surface area contributed by atoms with Gasteiger partial charge in [-0.3, -0.25) is 19.5 Å². The Morgan fingerprint density at radius 1 is 0.909 bits per heavy atom. The van der Waals surface area contributed by atoms with Gasteiger partial charge in [0.05, 0.1) is 6.04 Å². The zero-order valence-corrected chi connectivity index (χ0v) is 18.2. The second kappa shape index (κ2) is 10.7. The number of carbonyl (C=O) groups is 2. The van der Waals surface area contributed by atoms with Gasteiger partial charge in [-0.1, -0.05) is 24.3 Å². The first-order valence-corrected chi connectivity index (χ1v) is 10.9. The molecule has 7 nitrogen and oxygen atoms in total. The summed E-state index contributed by atoms with van der Waals surface area (Å²) in [6.45, 7) is 3.32. The highest BCUT2D eigenvalue weighted by atomic mass is 19.1. The third-order valence-corrected chi connectivity index (χ3v) is 5.71. The van der Waals surface area contributed by atoms with Crippen molar-refractivity contribution < 1.29 is 14.0 Å². The van der Waals surface area contributed by atoms with Gasteiger partial charge in [0.1, 0.15) is 5.82 Å². The van der Waals surface area contributed by atoms with E-state index in [-0.39, 0.29) is 18.4 Å². The maximum atomic E-state index is 13.2. The zero-order chi connectivity index (χ0) is 23.0. The van der Waals surface area contributed by atoms with E-state index >= 15 is 0 Å². The molecule has 2 heterocycles. The highest BCUT2D eigenvalue weighted by Gasteiger charge is 2.27. The summed E-state index contributed by atoms with van der Waals surface area (Å²) in [7, 11) is 0. The van der Waals surface area contributed by atoms with E-state index in [4.69, 9.17) is 0 Å². The number of aromatic nitrogens is 1. The van der Waals surface area contributed by atoms with E-state index in [0.717, 1.165) is 37.4 Å². The summed E-state index contributed by atoms with van der Waals surface area (Å²) in [6.07, 6.45) is 3.49. The van der Waals surface area contributed by atoms with Gasteiger partial charge in [-0.05, 0) is 48.0 Å². The first kappa shape index (κ1) is 22.4. The van der Waals surface area contributed by atoms with E-state index in [1.54, 1.807) is 48.8 Å². The zero-order valence-electron chi connectivity index (χ0n) is 18.2. The molecule has 1 aliphatic rings. The quantitative estimate of drug-likeness (QED) is 0.569. The normalized spacial score (nSPS) is 15.0. The summed E-state index contributed by atoms with van der Waals surface area (Å²) in [6, 6.07) is 19.1. The Morgan fingerprint density at radius 2 is 1.64 bits per heavy atom. The van der Waals surface area contributed by atoms with Gasteiger partial charge in [-0.15, -0.1) is 0 Å². The number of piperazine rings is 1. The molecule has 1 fully saturated rings. The van der Waals surface area contributed by atoms with E-state index in [9.17, 15) is 14.0 Å². The summed E-state index contributed by atoms with van der Waals surface area (Å²) >= 11 is 0. The smallest absolute Gasteiger partial charge is 0.313 e. The molecule has 2 N–H and O–H groups in total. The number of amides is 2. The number of hydrogen-bond acceptors (Lipinski definition) is 5. The molecule has 1 saturated heterocycles. The number of hydrogen-bond donors (Lipinski definition) is 2. The summed E-state index contributed by atoms with van der Waals surface area (Å²) in [4.78, 5) is 33.4. The lowest BCUT2D eigenvalue weighted by Gasteiger charge is -2.40. The fourth-order valence-corrected chi connectivity index (χ4v) is 3.95. The molecule has 33 heavy (non-hydrogen) atoms. The fourth-order valence-electron chi connectivity index (χ4n) is 3.95. The van der Waals surface area contributed by atoms with Gasteiger partial charge >= 0.3 is 11.8 Å². The Kier molecular flexibility index (Phi) is 7.26. The van der Waals surface area contributed by atoms with Gasteiger partial charge in [-0.2, -0.15) is 0 Å². The third-order valence-electron chi connectivity index (χ3n) is 5.71. The van der Waals surface area contributed by atoms with Crippen LogP contribution in [-0.4, -0.2) is 54.4 Å². The summed E-state index contributed by atoms with van der Waals surface area (Å²) in [5.41, 5.74) is 2.52. The van der Waals surface area contributed by atoms with E-state index in [1.807, 2.05) is 18.2 Å². The Morgan fingerprint density at radius 3 is 2.30 bits per heavy atom. The number of carbonyl (C=O) groups excluding carboxylic acids is 2. The predicted molar refractivity (Wildman–Crippen MR) is 125 cm³/mol. The second-order valence-corrected chi connectivity index (χ2v) is 7.83. The summed E-state index contributed by atoms with van der Waals surface area (Å²) in [5.74, 6) is -1.63. The minimum absolute atomic E-state index is 0.123. The van der Waals surface area contributed by atoms with Crippen molar-refractivity contribution in [1.82, 2.24) is 15.2 Å². The molecule has 170 valence electrons. The van der Waals surface area contributed by atoms with Crippen LogP contribution in [0.25, 0.3) is 0 Å². The lowest BCUT2D eigenvalue weighted by molar-refractivity contribution is -0.136. The predicted octanol–water partition coefficient (Wildman–Crippen LogP) is 2.84. The largest absolute Gasteiger partial charge is 0.369 e. The topological polar surface area (TPSA) is 77.6 Å². The lowest BCUT2D eigenvalue weighted by atomic mass is 10.1. The number of halogens is 1. The van der Waals surface area contributed by atoms with Crippen LogP contribution in [0.2, 0.25) is 0 Å². The molecule has 4 rings (SSSR count). The highest BCUT2D eigenvalue weighted by Crippen LogP contribution is 2.23. The molecule has 2 aromatic carbocycles. The molecule has 1 atom stereocenters. The average Bonchev–Trinajstić information content (AvgIpc) is 2.86. The van der Waals surface area contributed by atoms with Gasteiger partial charge in [-0.25, -0.2) is 4.39 Å². The molecule has 8 heteroatoms. The molecular formula is C25H26FN5O2. The van der Waals surface area contributed by atoms with Crippen LogP contribution in [0.3, 0.4) is 0 Å². The maximum absolute atomic E-state index is 13.2. The lowest BCUT2D eigenvalue weighted by Crippen LogP contribution is -2.50. The van der Waals surface area contributed by atoms with E-state index in [2.05, 4.69) is 25.4 Å². The van der Waals surface area contributed by atoms with E-state index < -0.39 is 11.8 Å². The van der Waals surface area contributed by atoms with Crippen LogP contribution in [0.4, 0.5) is 15.8 Å². The first-order chi connectivity index (χ1) is 16.1. The molecule has 0 aliphatic carbocycles. The first-order valence-electron chi connectivity index (χ1n) is 10.9. The Bertz CT molecular complexity index is 1060. The van der Waals surface area contributed by atoms with Crippen LogP contribution in [0.1, 0.15) is 11.6 Å². The molecule has 0 bridgehead atoms. The van der Waals surface area contributed by atoms with Crippen LogP contribution in [0.5, 0.6) is 0 Å². The van der Waals surface area contributed by atoms with Crippen LogP contribution < -0.4 is 15.5 Å². The van der Waals surface area contributed by atoms with Gasteiger partial charge < -0.3 is 15.5 Å². The van der Waals surface area contributed by atoms with Crippen LogP contribution in [0.15, 0.2) is 79.1 Å². The fraction of sp³-hybridized carbons (Fsp3) is 0.240. The summed E-state index contributed by atoms with van der Waals surface area (Å²) < 4.78 is 13.2. The standard InChI is InChI=1S/C25H26FN5O2/c26-20-8-10-22(11-9-20)30-13-15-31(16-14-30)23(19-5-4-12-27-17-19)18-28-24(32)25(33)29-21-6-2-1-3-7-21/h1-12,17,23H,13-16,18H2,(H,28,32)(H,29,33). The minimum atomic E-state index is -0.702. The Hall–Kier alpha value is -3.78. The maximum Gasteiger partial charge on any atom is 0.313 e. The van der Waals surface area contributed by atoms with E-state index in [1.165, 1.54) is 12.1 Å². The van der Waals surface area contributed by atoms with Crippen LogP contribution in [-0.2, 0) is 9.59 Å². The van der Waals surface area contributed by atoms with Crippen molar-refractivity contribution in [2.75, 3.05) is 42.9 Å². The molecule has 2 amide bonds. The van der Waals surface area contributed by atoms with Crippen molar-refractivity contribution in [1.29, 1.82) is 0 Å². The van der Waals surface area contributed by atoms with Crippen molar-refractivity contribution in [3.63, 3.8) is 0 Å². The molecule has 3 aromatic rings. The Balaban J connectivity index is 1.38. The molecule has 0 radical (unpaired) electrons. The number of rotatable bonds is 6. The number of benzene rings is 2. The second-order valence-electron chi connectivity index (χ2n) is 7.83. The number of anilines is 2. The molecule has 0 spiro atoms. The molecule has 1 aromatic heterocycles. The SMILES string of the molecule is O=C(NCC(c1cccnc1)N1CCN(c2ccc(F)cc2)CC1)C(=O)Nc1ccccc1. The van der Waals surface area contributed by atoms with E-state index in [0.29, 0.717) is 5.69 Å². The van der Waals surface area contributed by atoms with Crippen LogP contribution >= 0.6 is 0 Å². The monoisotopic (exact) mass is 447 g/mol. The molecule has 1 unspecified atom stereocenters. The number of nitrogens with zero attached hydrogens (tertiary/aromatic N) is 3. The van der Waals surface area contributed by atoms with Gasteiger partial charge in [0.2, 0.25) is 0 Å². The van der Waals surface area contributed by atoms with Crippen molar-refractivity contribution in [2.45, 2.75) is 6.04 Å². The van der Waals surface area contributed by atoms with Gasteiger partial charge in [0, 0.05) is 56.5 Å². The van der Waals surface area contributed by atoms with Crippen molar-refractivity contribution in [3.05, 3.63) is 90.5 Å². The van der Waals surface area contributed by atoms with Crippen molar-refractivity contribution >= 4 is 23.2 Å². The van der Waals surface area contributed by atoms with Crippen molar-refractivity contribution in [2.24, 2.45) is 0 Å². The number of pyridine rings is 1. The van der Waals surface area contributed by atoms with Crippen LogP contribution in [0, 0.1) is 5.82 Å². The minimum Gasteiger partial charge on any atom is -0.369 e. The number of para-hydroxylation sites is 1. The summed E-state index contributed by atoms with van der Waals surface area (Å²) in [5, 5.41) is 5.37.